The van der Waals surface area contributed by atoms with Crippen molar-refractivity contribution in [1.29, 1.82) is 0 Å². The maximum atomic E-state index is 12.2. The minimum Gasteiger partial charge on any atom is -0.493 e. The van der Waals surface area contributed by atoms with Crippen LogP contribution in [0.2, 0.25) is 0 Å². The van der Waals surface area contributed by atoms with Crippen molar-refractivity contribution in [3.8, 4) is 5.75 Å². The van der Waals surface area contributed by atoms with Crippen LogP contribution in [0.5, 0.6) is 5.75 Å². The molecule has 0 aromatic heterocycles. The number of ether oxygens (including phenoxy) is 1. The van der Waals surface area contributed by atoms with Crippen LogP contribution in [0, 0.1) is 25.7 Å². The molecular weight excluding hydrogens is 406 g/mol. The topological polar surface area (TPSA) is 44.8 Å². The predicted molar refractivity (Wildman–Crippen MR) is 131 cm³/mol. The van der Waals surface area contributed by atoms with Crippen LogP contribution in [0.4, 0.5) is 0 Å². The van der Waals surface area contributed by atoms with Gasteiger partial charge < -0.3 is 15.0 Å². The molecule has 1 aromatic carbocycles. The standard InChI is InChI=1S/C25H39N3O2S/c1-18-19(2)24(30-12-7-6-11-27(4)5)9-8-23(18)20(3)28-15-21(16-28)14-26-25(29)22-10-13-31-17-22/h8-10,13,20-22H,6-7,11-12,14-17H2,1-5H3,(H,26,29). The first kappa shape index (κ1) is 24.1. The zero-order valence-corrected chi connectivity index (χ0v) is 20.6. The fraction of sp³-hybridized carbons (Fsp3) is 0.640. The highest BCUT2D eigenvalue weighted by atomic mass is 32.2. The first-order valence-electron chi connectivity index (χ1n) is 11.5. The van der Waals surface area contributed by atoms with Crippen LogP contribution < -0.4 is 10.1 Å². The molecule has 1 fully saturated rings. The van der Waals surface area contributed by atoms with E-state index in [9.17, 15) is 4.79 Å². The fourth-order valence-electron chi connectivity index (χ4n) is 4.29. The zero-order valence-electron chi connectivity index (χ0n) is 19.8. The molecule has 2 unspecified atom stereocenters. The second-order valence-corrected chi connectivity index (χ2v) is 10.2. The van der Waals surface area contributed by atoms with Crippen molar-refractivity contribution < 1.29 is 9.53 Å². The van der Waals surface area contributed by atoms with Crippen molar-refractivity contribution in [3.63, 3.8) is 0 Å². The smallest absolute Gasteiger partial charge is 0.227 e. The van der Waals surface area contributed by atoms with Gasteiger partial charge in [-0.2, -0.15) is 0 Å². The maximum absolute atomic E-state index is 12.2. The van der Waals surface area contributed by atoms with E-state index in [2.05, 4.69) is 62.1 Å². The first-order valence-corrected chi connectivity index (χ1v) is 12.6. The number of carbonyl (C=O) groups excluding carboxylic acids is 1. The second-order valence-electron chi connectivity index (χ2n) is 9.27. The van der Waals surface area contributed by atoms with Crippen LogP contribution in [0.25, 0.3) is 0 Å². The van der Waals surface area contributed by atoms with Gasteiger partial charge in [0.2, 0.25) is 5.91 Å². The Morgan fingerprint density at radius 1 is 1.26 bits per heavy atom. The molecular formula is C25H39N3O2S. The molecule has 0 radical (unpaired) electrons. The van der Waals surface area contributed by atoms with Gasteiger partial charge in [0, 0.05) is 37.3 Å². The molecule has 2 atom stereocenters. The number of amides is 1. The van der Waals surface area contributed by atoms with Gasteiger partial charge >= 0.3 is 0 Å². The van der Waals surface area contributed by atoms with Crippen molar-refractivity contribution in [1.82, 2.24) is 15.1 Å². The highest BCUT2D eigenvalue weighted by molar-refractivity contribution is 8.02. The Bertz CT molecular complexity index is 774. The van der Waals surface area contributed by atoms with E-state index in [0.717, 1.165) is 57.1 Å². The van der Waals surface area contributed by atoms with Crippen molar-refractivity contribution in [2.45, 2.75) is 39.7 Å². The molecule has 172 valence electrons. The van der Waals surface area contributed by atoms with E-state index in [1.807, 2.05) is 11.5 Å². The molecule has 3 rings (SSSR count). The van der Waals surface area contributed by atoms with Gasteiger partial charge in [-0.1, -0.05) is 12.1 Å². The molecule has 2 aliphatic heterocycles. The van der Waals surface area contributed by atoms with Gasteiger partial charge in [-0.05, 0) is 82.4 Å². The average Bonchev–Trinajstić information content (AvgIpc) is 3.24. The number of thioether (sulfide) groups is 1. The Morgan fingerprint density at radius 3 is 2.71 bits per heavy atom. The summed E-state index contributed by atoms with van der Waals surface area (Å²) in [6.45, 7) is 11.4. The van der Waals surface area contributed by atoms with Crippen LogP contribution in [-0.2, 0) is 4.79 Å². The number of benzene rings is 1. The Labute approximate surface area is 192 Å². The van der Waals surface area contributed by atoms with Crippen LogP contribution in [0.15, 0.2) is 23.6 Å². The van der Waals surface area contributed by atoms with Crippen LogP contribution >= 0.6 is 11.8 Å². The van der Waals surface area contributed by atoms with E-state index in [-0.39, 0.29) is 11.8 Å². The van der Waals surface area contributed by atoms with E-state index in [4.69, 9.17) is 4.74 Å². The zero-order chi connectivity index (χ0) is 22.4. The summed E-state index contributed by atoms with van der Waals surface area (Å²) >= 11 is 1.72. The summed E-state index contributed by atoms with van der Waals surface area (Å²) in [5, 5.41) is 5.17. The third kappa shape index (κ3) is 6.50. The largest absolute Gasteiger partial charge is 0.493 e. The summed E-state index contributed by atoms with van der Waals surface area (Å²) in [4.78, 5) is 16.9. The predicted octanol–water partition coefficient (Wildman–Crippen LogP) is 4.01. The molecule has 2 aliphatic rings. The molecule has 1 saturated heterocycles. The lowest BCUT2D eigenvalue weighted by atomic mass is 9.91. The van der Waals surface area contributed by atoms with Gasteiger partial charge in [-0.3, -0.25) is 9.69 Å². The van der Waals surface area contributed by atoms with Gasteiger partial charge in [0.25, 0.3) is 0 Å². The van der Waals surface area contributed by atoms with Crippen LogP contribution in [-0.4, -0.2) is 68.3 Å². The lowest BCUT2D eigenvalue weighted by molar-refractivity contribution is -0.123. The number of likely N-dealkylation sites (tertiary alicyclic amines) is 1. The quantitative estimate of drug-likeness (QED) is 0.522. The van der Waals surface area contributed by atoms with E-state index in [1.54, 1.807) is 11.8 Å². The number of nitrogens with zero attached hydrogens (tertiary/aromatic N) is 2. The third-order valence-electron chi connectivity index (χ3n) is 6.60. The average molecular weight is 446 g/mol. The second kappa shape index (κ2) is 11.4. The molecule has 1 N–H and O–H groups in total. The van der Waals surface area contributed by atoms with E-state index in [1.165, 1.54) is 16.7 Å². The number of rotatable bonds is 11. The van der Waals surface area contributed by atoms with Crippen LogP contribution in [0.3, 0.4) is 0 Å². The number of hydrogen-bond acceptors (Lipinski definition) is 5. The van der Waals surface area contributed by atoms with Gasteiger partial charge in [0.1, 0.15) is 5.75 Å². The van der Waals surface area contributed by atoms with Gasteiger partial charge in [-0.25, -0.2) is 0 Å². The Hall–Kier alpha value is -1.50. The minimum absolute atomic E-state index is 0.0550. The van der Waals surface area contributed by atoms with Gasteiger partial charge in [-0.15, -0.1) is 11.8 Å². The molecule has 0 saturated carbocycles. The summed E-state index contributed by atoms with van der Waals surface area (Å²) < 4.78 is 6.07. The van der Waals surface area contributed by atoms with Crippen molar-refractivity contribution >= 4 is 17.7 Å². The molecule has 5 nitrogen and oxygen atoms in total. The number of carbonyl (C=O) groups is 1. The first-order chi connectivity index (χ1) is 14.9. The third-order valence-corrected chi connectivity index (χ3v) is 7.51. The summed E-state index contributed by atoms with van der Waals surface area (Å²) in [7, 11) is 4.22. The molecule has 2 heterocycles. The van der Waals surface area contributed by atoms with Crippen molar-refractivity contribution in [2.75, 3.05) is 52.6 Å². The Morgan fingerprint density at radius 2 is 2.03 bits per heavy atom. The molecule has 1 aromatic rings. The minimum atomic E-state index is 0.0550. The van der Waals surface area contributed by atoms with Crippen molar-refractivity contribution in [3.05, 3.63) is 40.3 Å². The fourth-order valence-corrected chi connectivity index (χ4v) is 5.18. The van der Waals surface area contributed by atoms with E-state index < -0.39 is 0 Å². The molecule has 0 bridgehead atoms. The molecule has 1 amide bonds. The number of nitrogens with one attached hydrogen (secondary N) is 1. The van der Waals surface area contributed by atoms with E-state index in [0.29, 0.717) is 12.0 Å². The Kier molecular flexibility index (Phi) is 8.87. The summed E-state index contributed by atoms with van der Waals surface area (Å²) in [6.07, 6.45) is 4.25. The van der Waals surface area contributed by atoms with Crippen molar-refractivity contribution in [2.24, 2.45) is 11.8 Å². The number of unbranched alkanes of at least 4 members (excludes halogenated alkanes) is 1. The molecule has 6 heteroatoms. The SMILES string of the molecule is Cc1c(OCCCCN(C)C)ccc(C(C)N2CC(CNC(=O)C3C=CSC3)C2)c1C. The van der Waals surface area contributed by atoms with Gasteiger partial charge in [0.15, 0.2) is 0 Å². The van der Waals surface area contributed by atoms with Gasteiger partial charge in [0.05, 0.1) is 12.5 Å². The summed E-state index contributed by atoms with van der Waals surface area (Å²) in [6, 6.07) is 4.76. The van der Waals surface area contributed by atoms with E-state index >= 15 is 0 Å². The maximum Gasteiger partial charge on any atom is 0.227 e. The Balaban J connectivity index is 1.44. The highest BCUT2D eigenvalue weighted by Gasteiger charge is 2.32. The lowest BCUT2D eigenvalue weighted by Crippen LogP contribution is -2.52. The number of hydrogen-bond donors (Lipinski definition) is 1. The monoisotopic (exact) mass is 445 g/mol. The summed E-state index contributed by atoms with van der Waals surface area (Å²) in [5.74, 6) is 2.68. The lowest BCUT2D eigenvalue weighted by Gasteiger charge is -2.44. The van der Waals surface area contributed by atoms with Crippen LogP contribution in [0.1, 0.15) is 42.5 Å². The normalized spacial score (nSPS) is 20.1. The molecule has 31 heavy (non-hydrogen) atoms. The molecule has 0 aliphatic carbocycles. The molecule has 0 spiro atoms. The summed E-state index contributed by atoms with van der Waals surface area (Å²) in [5.41, 5.74) is 3.97. The highest BCUT2D eigenvalue weighted by Crippen LogP contribution is 2.34.